The summed E-state index contributed by atoms with van der Waals surface area (Å²) in [7, 11) is 0. The maximum atomic E-state index is 9.48. The molecule has 1 aliphatic rings. The molecule has 98 valence electrons. The molecular formula is C14H20N2S2. The van der Waals surface area contributed by atoms with E-state index in [2.05, 4.69) is 35.8 Å². The van der Waals surface area contributed by atoms with Gasteiger partial charge in [-0.25, -0.2) is 0 Å². The van der Waals surface area contributed by atoms with Crippen LogP contribution in [0.25, 0.3) is 0 Å². The van der Waals surface area contributed by atoms with Crippen LogP contribution in [0.5, 0.6) is 0 Å². The summed E-state index contributed by atoms with van der Waals surface area (Å²) in [4.78, 5) is 0. The molecule has 0 bridgehead atoms. The normalized spacial score (nSPS) is 27.2. The number of nitriles is 1. The van der Waals surface area contributed by atoms with Gasteiger partial charge < -0.3 is 0 Å². The standard InChI is InChI=1S/C14H20N2S2/c1-2-16-14(11-15)8-3-5-12(14)7-10-18-13-6-4-9-17-13/h4,6,9,12,16H,2-3,5,7-8,10H2,1H3. The van der Waals surface area contributed by atoms with Crippen LogP contribution in [-0.4, -0.2) is 17.8 Å². The molecular weight excluding hydrogens is 260 g/mol. The lowest BCUT2D eigenvalue weighted by Crippen LogP contribution is -2.47. The summed E-state index contributed by atoms with van der Waals surface area (Å²) in [5.41, 5.74) is -0.245. The molecule has 0 aromatic carbocycles. The molecule has 2 rings (SSSR count). The summed E-state index contributed by atoms with van der Waals surface area (Å²) >= 11 is 3.73. The summed E-state index contributed by atoms with van der Waals surface area (Å²) in [5.74, 6) is 1.65. The second kappa shape index (κ2) is 6.60. The number of rotatable bonds is 6. The molecule has 0 aliphatic heterocycles. The van der Waals surface area contributed by atoms with E-state index in [9.17, 15) is 5.26 Å². The number of thioether (sulfide) groups is 1. The zero-order chi connectivity index (χ0) is 12.8. The van der Waals surface area contributed by atoms with E-state index < -0.39 is 0 Å². The van der Waals surface area contributed by atoms with Crippen molar-refractivity contribution >= 4 is 23.1 Å². The van der Waals surface area contributed by atoms with Gasteiger partial charge in [-0.1, -0.05) is 19.4 Å². The van der Waals surface area contributed by atoms with Crippen LogP contribution in [0.1, 0.15) is 32.6 Å². The largest absolute Gasteiger partial charge is 0.299 e. The second-order valence-corrected chi connectivity index (χ2v) is 7.11. The van der Waals surface area contributed by atoms with E-state index in [1.54, 1.807) is 11.3 Å². The van der Waals surface area contributed by atoms with E-state index in [0.29, 0.717) is 5.92 Å². The molecule has 1 fully saturated rings. The summed E-state index contributed by atoms with van der Waals surface area (Å²) in [6.07, 6.45) is 4.55. The predicted molar refractivity (Wildman–Crippen MR) is 79.0 cm³/mol. The van der Waals surface area contributed by atoms with Crippen LogP contribution in [0.3, 0.4) is 0 Å². The first kappa shape index (κ1) is 13.9. The molecule has 2 unspecified atom stereocenters. The second-order valence-electron chi connectivity index (χ2n) is 4.77. The quantitative estimate of drug-likeness (QED) is 0.803. The van der Waals surface area contributed by atoms with Gasteiger partial charge >= 0.3 is 0 Å². The van der Waals surface area contributed by atoms with Gasteiger partial charge in [0.05, 0.1) is 10.3 Å². The van der Waals surface area contributed by atoms with Gasteiger partial charge in [0, 0.05) is 0 Å². The maximum absolute atomic E-state index is 9.48. The predicted octanol–water partition coefficient (Wildman–Crippen LogP) is 3.90. The highest BCUT2D eigenvalue weighted by Gasteiger charge is 2.41. The molecule has 2 atom stereocenters. The molecule has 1 aromatic heterocycles. The van der Waals surface area contributed by atoms with Gasteiger partial charge in [-0.15, -0.1) is 23.1 Å². The number of hydrogen-bond donors (Lipinski definition) is 1. The molecule has 0 radical (unpaired) electrons. The minimum absolute atomic E-state index is 0.245. The molecule has 1 aromatic rings. The van der Waals surface area contributed by atoms with Gasteiger partial charge in [0.1, 0.15) is 5.54 Å². The average Bonchev–Trinajstić information content (AvgIpc) is 3.01. The summed E-state index contributed by atoms with van der Waals surface area (Å²) in [5, 5.41) is 15.0. The zero-order valence-electron chi connectivity index (χ0n) is 10.8. The third-order valence-corrected chi connectivity index (χ3v) is 5.88. The monoisotopic (exact) mass is 280 g/mol. The average molecular weight is 280 g/mol. The zero-order valence-corrected chi connectivity index (χ0v) is 12.4. The van der Waals surface area contributed by atoms with E-state index in [4.69, 9.17) is 0 Å². The van der Waals surface area contributed by atoms with Gasteiger partial charge in [0.25, 0.3) is 0 Å². The lowest BCUT2D eigenvalue weighted by Gasteiger charge is -2.29. The molecule has 2 nitrogen and oxygen atoms in total. The third kappa shape index (κ3) is 3.09. The topological polar surface area (TPSA) is 35.8 Å². The van der Waals surface area contributed by atoms with Crippen LogP contribution < -0.4 is 5.32 Å². The first-order valence-corrected chi connectivity index (χ1v) is 8.50. The summed E-state index contributed by atoms with van der Waals surface area (Å²) < 4.78 is 1.39. The van der Waals surface area contributed by atoms with E-state index in [1.165, 1.54) is 17.1 Å². The fourth-order valence-corrected chi connectivity index (χ4v) is 4.77. The van der Waals surface area contributed by atoms with Crippen LogP contribution in [0.2, 0.25) is 0 Å². The Morgan fingerprint density at radius 3 is 3.22 bits per heavy atom. The Labute approximate surface area is 118 Å². The number of hydrogen-bond acceptors (Lipinski definition) is 4. The molecule has 0 amide bonds. The number of thiophene rings is 1. The van der Waals surface area contributed by atoms with Crippen molar-refractivity contribution < 1.29 is 0 Å². The molecule has 1 saturated carbocycles. The highest BCUT2D eigenvalue weighted by Crippen LogP contribution is 2.39. The third-order valence-electron chi connectivity index (χ3n) is 3.72. The SMILES string of the molecule is CCNC1(C#N)CCCC1CCSc1cccs1. The van der Waals surface area contributed by atoms with Crippen LogP contribution in [-0.2, 0) is 0 Å². The van der Waals surface area contributed by atoms with Crippen molar-refractivity contribution in [3.05, 3.63) is 17.5 Å². The molecule has 1 heterocycles. The Morgan fingerprint density at radius 1 is 1.67 bits per heavy atom. The van der Waals surface area contributed by atoms with E-state index >= 15 is 0 Å². The maximum Gasteiger partial charge on any atom is 0.109 e. The molecule has 0 spiro atoms. The summed E-state index contributed by atoms with van der Waals surface area (Å²) in [6.45, 7) is 2.98. The Bertz CT molecular complexity index is 396. The van der Waals surface area contributed by atoms with Crippen molar-refractivity contribution in [2.24, 2.45) is 5.92 Å². The number of nitrogens with one attached hydrogen (secondary N) is 1. The number of nitrogens with zero attached hydrogens (tertiary/aromatic N) is 1. The van der Waals surface area contributed by atoms with E-state index in [1.807, 2.05) is 11.8 Å². The molecule has 0 saturated heterocycles. The Morgan fingerprint density at radius 2 is 2.56 bits per heavy atom. The van der Waals surface area contributed by atoms with Gasteiger partial charge in [-0.2, -0.15) is 5.26 Å². The van der Waals surface area contributed by atoms with E-state index in [-0.39, 0.29) is 5.54 Å². The molecule has 1 N–H and O–H groups in total. The fourth-order valence-electron chi connectivity index (χ4n) is 2.85. The highest BCUT2D eigenvalue weighted by molar-refractivity contribution is 8.01. The van der Waals surface area contributed by atoms with Gasteiger partial charge in [-0.3, -0.25) is 5.32 Å². The smallest absolute Gasteiger partial charge is 0.109 e. The lowest BCUT2D eigenvalue weighted by atomic mass is 9.86. The molecule has 1 aliphatic carbocycles. The summed E-state index contributed by atoms with van der Waals surface area (Å²) in [6, 6.07) is 6.82. The minimum Gasteiger partial charge on any atom is -0.299 e. The van der Waals surface area contributed by atoms with Crippen LogP contribution in [0, 0.1) is 17.2 Å². The van der Waals surface area contributed by atoms with Crippen LogP contribution in [0.15, 0.2) is 21.7 Å². The van der Waals surface area contributed by atoms with Crippen molar-refractivity contribution in [2.75, 3.05) is 12.3 Å². The molecule has 4 heteroatoms. The van der Waals surface area contributed by atoms with Crippen molar-refractivity contribution in [3.8, 4) is 6.07 Å². The highest BCUT2D eigenvalue weighted by atomic mass is 32.2. The molecule has 18 heavy (non-hydrogen) atoms. The van der Waals surface area contributed by atoms with Gasteiger partial charge in [0.15, 0.2) is 0 Å². The fraction of sp³-hybridized carbons (Fsp3) is 0.643. The van der Waals surface area contributed by atoms with Gasteiger partial charge in [0.2, 0.25) is 0 Å². The Kier molecular flexibility index (Phi) is 5.11. The minimum atomic E-state index is -0.245. The Balaban J connectivity index is 1.86. The van der Waals surface area contributed by atoms with Gasteiger partial charge in [-0.05, 0) is 48.9 Å². The Hall–Kier alpha value is -0.500. The van der Waals surface area contributed by atoms with Crippen molar-refractivity contribution in [1.29, 1.82) is 5.26 Å². The van der Waals surface area contributed by atoms with E-state index in [0.717, 1.165) is 25.1 Å². The van der Waals surface area contributed by atoms with Crippen molar-refractivity contribution in [3.63, 3.8) is 0 Å². The van der Waals surface area contributed by atoms with Crippen molar-refractivity contribution in [1.82, 2.24) is 5.32 Å². The van der Waals surface area contributed by atoms with Crippen LogP contribution in [0.4, 0.5) is 0 Å². The lowest BCUT2D eigenvalue weighted by molar-refractivity contribution is 0.317. The first-order valence-electron chi connectivity index (χ1n) is 6.63. The first-order chi connectivity index (χ1) is 8.80. The van der Waals surface area contributed by atoms with Crippen LogP contribution >= 0.6 is 23.1 Å². The van der Waals surface area contributed by atoms with Crippen molar-refractivity contribution in [2.45, 2.75) is 42.4 Å².